The van der Waals surface area contributed by atoms with Crippen molar-refractivity contribution in [3.63, 3.8) is 0 Å². The molecule has 3 nitrogen and oxygen atoms in total. The molecule has 0 bridgehead atoms. The summed E-state index contributed by atoms with van der Waals surface area (Å²) in [5.41, 5.74) is 1.33. The van der Waals surface area contributed by atoms with Gasteiger partial charge in [0.1, 0.15) is 0 Å². The number of nitro benzene ring substituents is 1. The van der Waals surface area contributed by atoms with Crippen molar-refractivity contribution in [2.24, 2.45) is 11.8 Å². The topological polar surface area (TPSA) is 43.1 Å². The third kappa shape index (κ3) is 4.41. The van der Waals surface area contributed by atoms with E-state index in [0.29, 0.717) is 16.7 Å². The van der Waals surface area contributed by atoms with E-state index in [1.807, 2.05) is 12.1 Å². The van der Waals surface area contributed by atoms with Gasteiger partial charge in [0.05, 0.1) is 4.92 Å². The zero-order valence-corrected chi connectivity index (χ0v) is 12.7. The van der Waals surface area contributed by atoms with Gasteiger partial charge >= 0.3 is 0 Å². The minimum Gasteiger partial charge on any atom is -0.258 e. The van der Waals surface area contributed by atoms with Gasteiger partial charge in [0.25, 0.3) is 5.69 Å². The summed E-state index contributed by atoms with van der Waals surface area (Å²) >= 11 is 3.66. The van der Waals surface area contributed by atoms with Crippen LogP contribution in [0.3, 0.4) is 0 Å². The number of halogens is 1. The first-order valence-corrected chi connectivity index (χ1v) is 7.20. The van der Waals surface area contributed by atoms with Gasteiger partial charge in [-0.1, -0.05) is 48.8 Å². The first-order valence-electron chi connectivity index (χ1n) is 6.29. The summed E-state index contributed by atoms with van der Waals surface area (Å²) in [5, 5.41) is 10.6. The fraction of sp³-hybridized carbons (Fsp3) is 0.571. The summed E-state index contributed by atoms with van der Waals surface area (Å²) in [7, 11) is 0. The zero-order chi connectivity index (χ0) is 13.7. The molecular weight excluding hydrogens is 294 g/mol. The van der Waals surface area contributed by atoms with Crippen LogP contribution in [0.5, 0.6) is 0 Å². The van der Waals surface area contributed by atoms with Crippen LogP contribution in [0, 0.1) is 22.0 Å². The van der Waals surface area contributed by atoms with Gasteiger partial charge in [-0.25, -0.2) is 0 Å². The molecule has 0 aliphatic heterocycles. The Morgan fingerprint density at radius 1 is 1.22 bits per heavy atom. The summed E-state index contributed by atoms with van der Waals surface area (Å²) in [6, 6.07) is 6.87. The normalized spacial score (nSPS) is 14.5. The van der Waals surface area contributed by atoms with Gasteiger partial charge < -0.3 is 0 Å². The summed E-state index contributed by atoms with van der Waals surface area (Å²) in [6.45, 7) is 6.65. The van der Waals surface area contributed by atoms with Crippen LogP contribution in [0.25, 0.3) is 0 Å². The van der Waals surface area contributed by atoms with Crippen molar-refractivity contribution >= 4 is 21.6 Å². The average molecular weight is 314 g/mol. The Morgan fingerprint density at radius 2 is 1.78 bits per heavy atom. The van der Waals surface area contributed by atoms with E-state index < -0.39 is 0 Å². The van der Waals surface area contributed by atoms with Crippen molar-refractivity contribution < 1.29 is 4.92 Å². The fourth-order valence-corrected chi connectivity index (χ4v) is 3.09. The molecule has 0 N–H and O–H groups in total. The molecule has 0 amide bonds. The molecule has 2 unspecified atom stereocenters. The second-order valence-corrected chi connectivity index (χ2v) is 6.49. The van der Waals surface area contributed by atoms with Crippen molar-refractivity contribution in [1.29, 1.82) is 0 Å². The van der Waals surface area contributed by atoms with E-state index in [1.165, 1.54) is 5.56 Å². The number of nitrogens with zero attached hydrogens (tertiary/aromatic N) is 1. The molecule has 0 aliphatic rings. The lowest BCUT2D eigenvalue weighted by Crippen LogP contribution is -2.18. The summed E-state index contributed by atoms with van der Waals surface area (Å²) in [4.78, 5) is 10.7. The van der Waals surface area contributed by atoms with Crippen LogP contribution >= 0.6 is 15.9 Å². The molecule has 1 rings (SSSR count). The minimum atomic E-state index is -0.360. The highest BCUT2D eigenvalue weighted by atomic mass is 79.9. The predicted octanol–water partition coefficient (Wildman–Crippen LogP) is 4.58. The first-order chi connectivity index (χ1) is 8.41. The number of rotatable bonds is 6. The van der Waals surface area contributed by atoms with E-state index >= 15 is 0 Å². The number of hydrogen-bond donors (Lipinski definition) is 0. The van der Waals surface area contributed by atoms with E-state index in [-0.39, 0.29) is 10.6 Å². The molecule has 1 aromatic carbocycles. The molecule has 100 valence electrons. The Morgan fingerprint density at radius 3 is 2.17 bits per heavy atom. The van der Waals surface area contributed by atoms with Crippen molar-refractivity contribution in [3.8, 4) is 0 Å². The quantitative estimate of drug-likeness (QED) is 0.438. The number of alkyl halides is 1. The molecule has 0 radical (unpaired) electrons. The lowest BCUT2D eigenvalue weighted by molar-refractivity contribution is -0.384. The molecule has 0 heterocycles. The van der Waals surface area contributed by atoms with Crippen molar-refractivity contribution in [2.45, 2.75) is 38.4 Å². The van der Waals surface area contributed by atoms with Gasteiger partial charge in [-0.15, -0.1) is 0 Å². The maximum Gasteiger partial charge on any atom is 0.269 e. The van der Waals surface area contributed by atoms with Gasteiger partial charge in [0.15, 0.2) is 0 Å². The molecule has 0 saturated carbocycles. The lowest BCUT2D eigenvalue weighted by Gasteiger charge is -2.23. The Bertz CT molecular complexity index is 379. The van der Waals surface area contributed by atoms with Crippen molar-refractivity contribution in [1.82, 2.24) is 0 Å². The van der Waals surface area contributed by atoms with Crippen LogP contribution in [-0.2, 0) is 6.42 Å². The van der Waals surface area contributed by atoms with Gasteiger partial charge in [0.2, 0.25) is 0 Å². The highest BCUT2D eigenvalue weighted by molar-refractivity contribution is 9.09. The molecule has 4 heteroatoms. The fourth-order valence-electron chi connectivity index (χ4n) is 2.21. The van der Waals surface area contributed by atoms with E-state index in [9.17, 15) is 10.1 Å². The van der Waals surface area contributed by atoms with E-state index in [0.717, 1.165) is 12.8 Å². The molecule has 18 heavy (non-hydrogen) atoms. The molecule has 0 aliphatic carbocycles. The van der Waals surface area contributed by atoms with Gasteiger partial charge in [-0.05, 0) is 30.2 Å². The van der Waals surface area contributed by atoms with E-state index in [4.69, 9.17) is 0 Å². The van der Waals surface area contributed by atoms with Crippen LogP contribution in [-0.4, -0.2) is 9.75 Å². The van der Waals surface area contributed by atoms with E-state index in [2.05, 4.69) is 36.7 Å². The van der Waals surface area contributed by atoms with Crippen molar-refractivity contribution in [3.05, 3.63) is 39.9 Å². The Balaban J connectivity index is 2.60. The third-order valence-electron chi connectivity index (χ3n) is 3.36. The molecule has 2 atom stereocenters. The number of aryl methyl sites for hydroxylation is 1. The number of benzene rings is 1. The van der Waals surface area contributed by atoms with Crippen LogP contribution in [0.4, 0.5) is 5.69 Å². The average Bonchev–Trinajstić information content (AvgIpc) is 2.28. The standard InChI is InChI=1S/C14H20BrNO2/c1-10(2)14(11(3)15)9-6-12-4-7-13(8-5-12)16(17)18/h4-5,7-8,10-11,14H,6,9H2,1-3H3. The molecule has 0 spiro atoms. The number of nitro groups is 1. The molecule has 0 aromatic heterocycles. The van der Waals surface area contributed by atoms with Gasteiger partial charge in [-0.2, -0.15) is 0 Å². The Hall–Kier alpha value is -0.900. The van der Waals surface area contributed by atoms with Crippen LogP contribution in [0.2, 0.25) is 0 Å². The molecule has 0 fully saturated rings. The SMILES string of the molecule is CC(C)C(CCc1ccc([N+](=O)[O-])cc1)C(C)Br. The molecule has 1 aromatic rings. The second kappa shape index (κ2) is 6.88. The largest absolute Gasteiger partial charge is 0.269 e. The number of hydrogen-bond acceptors (Lipinski definition) is 2. The Labute approximate surface area is 117 Å². The lowest BCUT2D eigenvalue weighted by atomic mass is 9.87. The summed E-state index contributed by atoms with van der Waals surface area (Å²) in [5.74, 6) is 1.26. The van der Waals surface area contributed by atoms with Gasteiger partial charge in [-0.3, -0.25) is 10.1 Å². The highest BCUT2D eigenvalue weighted by Crippen LogP contribution is 2.26. The molecular formula is C14H20BrNO2. The first kappa shape index (κ1) is 15.2. The highest BCUT2D eigenvalue weighted by Gasteiger charge is 2.18. The predicted molar refractivity (Wildman–Crippen MR) is 78.1 cm³/mol. The minimum absolute atomic E-state index is 0.160. The van der Waals surface area contributed by atoms with E-state index in [1.54, 1.807) is 12.1 Å². The van der Waals surface area contributed by atoms with Crippen LogP contribution in [0.1, 0.15) is 32.8 Å². The smallest absolute Gasteiger partial charge is 0.258 e. The van der Waals surface area contributed by atoms with Crippen molar-refractivity contribution in [2.75, 3.05) is 0 Å². The number of non-ortho nitro benzene ring substituents is 1. The third-order valence-corrected chi connectivity index (χ3v) is 4.04. The van der Waals surface area contributed by atoms with Crippen LogP contribution < -0.4 is 0 Å². The maximum absolute atomic E-state index is 10.6. The van der Waals surface area contributed by atoms with Gasteiger partial charge in [0, 0.05) is 17.0 Å². The summed E-state index contributed by atoms with van der Waals surface area (Å²) in [6.07, 6.45) is 2.07. The Kier molecular flexibility index (Phi) is 5.79. The molecule has 0 saturated heterocycles. The second-order valence-electron chi connectivity index (χ2n) is 5.05. The maximum atomic E-state index is 10.6. The van der Waals surface area contributed by atoms with Crippen LogP contribution in [0.15, 0.2) is 24.3 Å². The monoisotopic (exact) mass is 313 g/mol. The summed E-state index contributed by atoms with van der Waals surface area (Å²) < 4.78 is 0. The zero-order valence-electron chi connectivity index (χ0n) is 11.1.